The monoisotopic (exact) mass is 441 g/mol. The Hall–Kier alpha value is -2.87. The predicted octanol–water partition coefficient (Wildman–Crippen LogP) is 2.82. The van der Waals surface area contributed by atoms with Crippen LogP contribution in [0.1, 0.15) is 45.1 Å². The third-order valence-electron chi connectivity index (χ3n) is 6.77. The van der Waals surface area contributed by atoms with E-state index in [2.05, 4.69) is 0 Å². The SMILES string of the molecule is CC(C)OC(=O)N1CC2(CC2)C[C@H](C(=O)NO)[C@H]1C(=O)N1CC=C(c2ccccc2)CC1. The molecule has 1 aromatic carbocycles. The molecule has 32 heavy (non-hydrogen) atoms. The molecule has 0 unspecified atom stereocenters. The van der Waals surface area contributed by atoms with Crippen LogP contribution in [0.3, 0.4) is 0 Å². The summed E-state index contributed by atoms with van der Waals surface area (Å²) in [5.74, 6) is -1.73. The summed E-state index contributed by atoms with van der Waals surface area (Å²) in [6, 6.07) is 9.04. The van der Waals surface area contributed by atoms with E-state index < -0.39 is 24.0 Å². The van der Waals surface area contributed by atoms with Crippen molar-refractivity contribution in [1.29, 1.82) is 0 Å². The van der Waals surface area contributed by atoms with Gasteiger partial charge < -0.3 is 9.64 Å². The number of piperidine rings is 1. The fraction of sp³-hybridized carbons (Fsp3) is 0.542. The van der Waals surface area contributed by atoms with E-state index in [-0.39, 0.29) is 17.4 Å². The zero-order chi connectivity index (χ0) is 22.9. The maximum Gasteiger partial charge on any atom is 0.410 e. The summed E-state index contributed by atoms with van der Waals surface area (Å²) in [7, 11) is 0. The molecule has 8 heteroatoms. The van der Waals surface area contributed by atoms with E-state index in [1.165, 1.54) is 10.5 Å². The molecule has 1 saturated heterocycles. The van der Waals surface area contributed by atoms with Crippen LogP contribution in [0.4, 0.5) is 4.79 Å². The van der Waals surface area contributed by atoms with Crippen molar-refractivity contribution in [2.24, 2.45) is 11.3 Å². The zero-order valence-corrected chi connectivity index (χ0v) is 18.6. The molecule has 2 atom stereocenters. The summed E-state index contributed by atoms with van der Waals surface area (Å²) in [4.78, 5) is 42.3. The predicted molar refractivity (Wildman–Crippen MR) is 117 cm³/mol. The molecule has 3 aliphatic rings. The lowest BCUT2D eigenvalue weighted by Crippen LogP contribution is -2.62. The van der Waals surface area contributed by atoms with Crippen LogP contribution >= 0.6 is 0 Å². The van der Waals surface area contributed by atoms with Crippen molar-refractivity contribution in [3.8, 4) is 0 Å². The van der Waals surface area contributed by atoms with Crippen molar-refractivity contribution in [2.75, 3.05) is 19.6 Å². The van der Waals surface area contributed by atoms with Crippen molar-refractivity contribution in [1.82, 2.24) is 15.3 Å². The van der Waals surface area contributed by atoms with Gasteiger partial charge in [-0.2, -0.15) is 0 Å². The molecule has 1 aromatic rings. The zero-order valence-electron chi connectivity index (χ0n) is 18.6. The number of benzene rings is 1. The molecule has 0 aromatic heterocycles. The van der Waals surface area contributed by atoms with Crippen LogP contribution in [0, 0.1) is 11.3 Å². The van der Waals surface area contributed by atoms with Gasteiger partial charge >= 0.3 is 6.09 Å². The minimum absolute atomic E-state index is 0.174. The van der Waals surface area contributed by atoms with Crippen LogP contribution in [0.25, 0.3) is 5.57 Å². The van der Waals surface area contributed by atoms with Crippen LogP contribution in [0.5, 0.6) is 0 Å². The van der Waals surface area contributed by atoms with Gasteiger partial charge in [-0.25, -0.2) is 10.3 Å². The van der Waals surface area contributed by atoms with Gasteiger partial charge in [-0.3, -0.25) is 19.7 Å². The van der Waals surface area contributed by atoms with Gasteiger partial charge in [-0.1, -0.05) is 36.4 Å². The summed E-state index contributed by atoms with van der Waals surface area (Å²) in [6.45, 7) is 4.81. The number of nitrogens with one attached hydrogen (secondary N) is 1. The first-order valence-electron chi connectivity index (χ1n) is 11.3. The molecule has 0 bridgehead atoms. The highest BCUT2D eigenvalue weighted by atomic mass is 16.6. The second-order valence-electron chi connectivity index (χ2n) is 9.42. The molecule has 2 heterocycles. The average Bonchev–Trinajstić information content (AvgIpc) is 3.56. The third kappa shape index (κ3) is 4.50. The van der Waals surface area contributed by atoms with Gasteiger partial charge in [0.2, 0.25) is 11.8 Å². The van der Waals surface area contributed by atoms with Gasteiger partial charge in [-0.05, 0) is 56.1 Å². The van der Waals surface area contributed by atoms with Crippen molar-refractivity contribution in [3.63, 3.8) is 0 Å². The Morgan fingerprint density at radius 1 is 1.19 bits per heavy atom. The molecule has 2 aliphatic heterocycles. The minimum atomic E-state index is -0.994. The maximum atomic E-state index is 13.6. The van der Waals surface area contributed by atoms with Gasteiger partial charge in [-0.15, -0.1) is 0 Å². The Balaban J connectivity index is 1.58. The van der Waals surface area contributed by atoms with Crippen LogP contribution in [-0.4, -0.2) is 64.7 Å². The first-order valence-corrected chi connectivity index (χ1v) is 11.3. The molecule has 2 N–H and O–H groups in total. The quantitative estimate of drug-likeness (QED) is 0.553. The van der Waals surface area contributed by atoms with Gasteiger partial charge in [0, 0.05) is 19.6 Å². The number of rotatable bonds is 4. The lowest BCUT2D eigenvalue weighted by molar-refractivity contribution is -0.150. The van der Waals surface area contributed by atoms with E-state index in [0.717, 1.165) is 18.4 Å². The van der Waals surface area contributed by atoms with Crippen LogP contribution in [-0.2, 0) is 14.3 Å². The van der Waals surface area contributed by atoms with Crippen molar-refractivity contribution >= 4 is 23.5 Å². The van der Waals surface area contributed by atoms with Gasteiger partial charge in [0.25, 0.3) is 0 Å². The highest BCUT2D eigenvalue weighted by Gasteiger charge is 2.57. The molecule has 8 nitrogen and oxygen atoms in total. The summed E-state index contributed by atoms with van der Waals surface area (Å²) < 4.78 is 5.43. The van der Waals surface area contributed by atoms with Crippen LogP contribution in [0.2, 0.25) is 0 Å². The fourth-order valence-electron chi connectivity index (χ4n) is 4.90. The highest BCUT2D eigenvalue weighted by molar-refractivity contribution is 5.93. The maximum absolute atomic E-state index is 13.6. The van der Waals surface area contributed by atoms with Crippen molar-refractivity contribution in [2.45, 2.75) is 51.7 Å². The molecule has 3 amide bonds. The number of likely N-dealkylation sites (tertiary alicyclic amines) is 1. The Morgan fingerprint density at radius 3 is 2.47 bits per heavy atom. The number of ether oxygens (including phenoxy) is 1. The number of hydroxylamine groups is 1. The van der Waals surface area contributed by atoms with Gasteiger partial charge in [0.05, 0.1) is 12.0 Å². The first-order chi connectivity index (χ1) is 15.3. The van der Waals surface area contributed by atoms with Crippen molar-refractivity contribution in [3.05, 3.63) is 42.0 Å². The topological polar surface area (TPSA) is 99.2 Å². The number of nitrogens with zero attached hydrogens (tertiary/aromatic N) is 2. The van der Waals surface area contributed by atoms with Gasteiger partial charge in [0.15, 0.2) is 0 Å². The molecule has 1 aliphatic carbocycles. The van der Waals surface area contributed by atoms with E-state index in [9.17, 15) is 19.6 Å². The molecular formula is C24H31N3O5. The van der Waals surface area contributed by atoms with Crippen molar-refractivity contribution < 1.29 is 24.3 Å². The Morgan fingerprint density at radius 2 is 1.91 bits per heavy atom. The highest BCUT2D eigenvalue weighted by Crippen LogP contribution is 2.55. The molecule has 0 radical (unpaired) electrons. The van der Waals surface area contributed by atoms with E-state index >= 15 is 0 Å². The minimum Gasteiger partial charge on any atom is -0.447 e. The smallest absolute Gasteiger partial charge is 0.410 e. The molecule has 1 spiro atoms. The van der Waals surface area contributed by atoms with Gasteiger partial charge in [0.1, 0.15) is 6.04 Å². The van der Waals surface area contributed by atoms with Crippen LogP contribution in [0.15, 0.2) is 36.4 Å². The number of amides is 3. The summed E-state index contributed by atoms with van der Waals surface area (Å²) in [6.07, 6.45) is 4.05. The second-order valence-corrected chi connectivity index (χ2v) is 9.42. The lowest BCUT2D eigenvalue weighted by Gasteiger charge is -2.44. The fourth-order valence-corrected chi connectivity index (χ4v) is 4.90. The molecule has 2 fully saturated rings. The largest absolute Gasteiger partial charge is 0.447 e. The Labute approximate surface area is 188 Å². The van der Waals surface area contributed by atoms with E-state index in [4.69, 9.17) is 4.74 Å². The molecular weight excluding hydrogens is 410 g/mol. The summed E-state index contributed by atoms with van der Waals surface area (Å²) >= 11 is 0. The van der Waals surface area contributed by atoms with Crippen LogP contribution < -0.4 is 5.48 Å². The normalized spacial score (nSPS) is 24.2. The number of carbonyl (C=O) groups excluding carboxylic acids is 3. The molecule has 1 saturated carbocycles. The lowest BCUT2D eigenvalue weighted by atomic mass is 9.79. The first kappa shape index (κ1) is 22.3. The Kier molecular flexibility index (Phi) is 6.24. The number of hydrogen-bond acceptors (Lipinski definition) is 5. The van der Waals surface area contributed by atoms with E-state index in [1.807, 2.05) is 36.4 Å². The standard InChI is InChI=1S/C24H31N3O5/c1-16(2)32-23(30)27-15-24(10-11-24)14-19(21(28)25-31)20(27)22(29)26-12-8-18(9-13-26)17-6-4-3-5-7-17/h3-8,16,19-20,31H,9-15H2,1-2H3,(H,25,28)/t19-,20-/m0/s1. The molecule has 172 valence electrons. The summed E-state index contributed by atoms with van der Waals surface area (Å²) in [5, 5.41) is 9.35. The molecule has 4 rings (SSSR count). The third-order valence-corrected chi connectivity index (χ3v) is 6.77. The summed E-state index contributed by atoms with van der Waals surface area (Å²) in [5.41, 5.74) is 3.85. The Bertz CT molecular complexity index is 909. The average molecular weight is 442 g/mol. The number of carbonyl (C=O) groups is 3. The second kappa shape index (κ2) is 8.94. The number of hydrogen-bond donors (Lipinski definition) is 2. The van der Waals surface area contributed by atoms with E-state index in [1.54, 1.807) is 24.2 Å². The van der Waals surface area contributed by atoms with E-state index in [0.29, 0.717) is 32.5 Å².